The van der Waals surface area contributed by atoms with Crippen LogP contribution in [0.5, 0.6) is 5.75 Å². The molecule has 2 N–H and O–H groups in total. The second kappa shape index (κ2) is 9.11. The summed E-state index contributed by atoms with van der Waals surface area (Å²) in [5.41, 5.74) is -0.643. The monoisotopic (exact) mass is 501 g/mol. The largest absolute Gasteiger partial charge is 0.573 e. The summed E-state index contributed by atoms with van der Waals surface area (Å²) >= 11 is 0. The van der Waals surface area contributed by atoms with Crippen LogP contribution in [0.2, 0.25) is 0 Å². The summed E-state index contributed by atoms with van der Waals surface area (Å²) in [6.07, 6.45) is -0.441. The van der Waals surface area contributed by atoms with Gasteiger partial charge in [0, 0.05) is 18.0 Å². The van der Waals surface area contributed by atoms with Gasteiger partial charge >= 0.3 is 6.36 Å². The smallest absolute Gasteiger partial charge is 0.406 e. The molecular formula is C24H22F3N5O4. The SMILES string of the molecule is Cc1cccn(-c2ccn3ncc(C(=O)N[C@@H](c4ccc(OC(F)(F)F)cc4)C(C)(C)O)c3n2)c1=O. The summed E-state index contributed by atoms with van der Waals surface area (Å²) in [5.74, 6) is -0.781. The molecule has 3 heterocycles. The highest BCUT2D eigenvalue weighted by Crippen LogP contribution is 2.29. The number of hydrogen-bond acceptors (Lipinski definition) is 6. The van der Waals surface area contributed by atoms with Crippen LogP contribution in [0, 0.1) is 6.92 Å². The van der Waals surface area contributed by atoms with Gasteiger partial charge in [0.05, 0.1) is 17.8 Å². The molecule has 1 atom stereocenters. The van der Waals surface area contributed by atoms with Gasteiger partial charge in [-0.1, -0.05) is 18.2 Å². The van der Waals surface area contributed by atoms with Crippen LogP contribution in [-0.4, -0.2) is 42.1 Å². The standard InChI is InChI=1S/C24H22F3N5O4/c1-14-5-4-11-31(22(14)34)18-10-12-32-20(29-18)17(13-28-32)21(33)30-19(23(2,3)35)15-6-8-16(9-7-15)36-24(25,26)27/h4-13,19,35H,1-3H3,(H,30,33)/t19-/m0/s1. The predicted octanol–water partition coefficient (Wildman–Crippen LogP) is 3.33. The van der Waals surface area contributed by atoms with Crippen molar-refractivity contribution in [1.29, 1.82) is 0 Å². The first-order valence-corrected chi connectivity index (χ1v) is 10.8. The number of halogens is 3. The fourth-order valence-corrected chi connectivity index (χ4v) is 3.68. The maximum Gasteiger partial charge on any atom is 0.573 e. The van der Waals surface area contributed by atoms with E-state index in [1.165, 1.54) is 41.3 Å². The number of nitrogens with one attached hydrogen (secondary N) is 1. The van der Waals surface area contributed by atoms with Crippen molar-refractivity contribution < 1.29 is 27.8 Å². The number of amides is 1. The van der Waals surface area contributed by atoms with Crippen molar-refractivity contribution in [2.45, 2.75) is 38.8 Å². The lowest BCUT2D eigenvalue weighted by Crippen LogP contribution is -2.42. The van der Waals surface area contributed by atoms with Gasteiger partial charge in [0.1, 0.15) is 17.1 Å². The zero-order valence-corrected chi connectivity index (χ0v) is 19.4. The molecule has 0 unspecified atom stereocenters. The topological polar surface area (TPSA) is 111 Å². The van der Waals surface area contributed by atoms with Gasteiger partial charge in [0.15, 0.2) is 5.65 Å². The molecule has 36 heavy (non-hydrogen) atoms. The molecule has 188 valence electrons. The van der Waals surface area contributed by atoms with Gasteiger partial charge < -0.3 is 15.2 Å². The Morgan fingerprint density at radius 1 is 1.11 bits per heavy atom. The van der Waals surface area contributed by atoms with Crippen molar-refractivity contribution in [3.8, 4) is 11.6 Å². The molecule has 12 heteroatoms. The molecule has 0 spiro atoms. The average Bonchev–Trinajstić information content (AvgIpc) is 3.21. The molecule has 0 saturated heterocycles. The molecule has 0 aliphatic carbocycles. The number of hydrogen-bond donors (Lipinski definition) is 2. The molecule has 9 nitrogen and oxygen atoms in total. The Balaban J connectivity index is 1.66. The van der Waals surface area contributed by atoms with E-state index in [0.29, 0.717) is 11.1 Å². The summed E-state index contributed by atoms with van der Waals surface area (Å²) < 4.78 is 44.0. The van der Waals surface area contributed by atoms with Gasteiger partial charge in [0.25, 0.3) is 11.5 Å². The Hall–Kier alpha value is -4.19. The number of pyridine rings is 1. The molecule has 3 aromatic heterocycles. The van der Waals surface area contributed by atoms with Gasteiger partial charge in [-0.25, -0.2) is 9.50 Å². The fraction of sp³-hybridized carbons (Fsp3) is 0.250. The number of nitrogens with zero attached hydrogens (tertiary/aromatic N) is 4. The van der Waals surface area contributed by atoms with Crippen LogP contribution in [0.15, 0.2) is 65.8 Å². The Morgan fingerprint density at radius 3 is 2.44 bits per heavy atom. The second-order valence-corrected chi connectivity index (χ2v) is 8.66. The van der Waals surface area contributed by atoms with E-state index < -0.39 is 29.7 Å². The number of ether oxygens (including phenoxy) is 1. The summed E-state index contributed by atoms with van der Waals surface area (Å²) in [5, 5.41) is 17.5. The minimum Gasteiger partial charge on any atom is -0.406 e. The van der Waals surface area contributed by atoms with Gasteiger partial charge in [-0.3, -0.25) is 14.2 Å². The number of aryl methyl sites for hydroxylation is 1. The third-order valence-electron chi connectivity index (χ3n) is 5.41. The quantitative estimate of drug-likeness (QED) is 0.419. The molecule has 0 radical (unpaired) electrons. The third-order valence-corrected chi connectivity index (χ3v) is 5.41. The molecule has 4 aromatic rings. The number of alkyl halides is 3. The van der Waals surface area contributed by atoms with Crippen LogP contribution >= 0.6 is 0 Å². The number of carbonyl (C=O) groups is 1. The number of aliphatic hydroxyl groups is 1. The third kappa shape index (κ3) is 5.23. The molecule has 1 aromatic carbocycles. The lowest BCUT2D eigenvalue weighted by atomic mass is 9.91. The molecule has 0 fully saturated rings. The van der Waals surface area contributed by atoms with E-state index in [4.69, 9.17) is 0 Å². The molecule has 0 aliphatic heterocycles. The molecule has 4 rings (SSSR count). The summed E-state index contributed by atoms with van der Waals surface area (Å²) in [6, 6.07) is 8.78. The van der Waals surface area contributed by atoms with E-state index in [9.17, 15) is 27.9 Å². The Bertz CT molecular complexity index is 1470. The molecule has 0 saturated carbocycles. The molecule has 1 amide bonds. The Labute approximate surface area is 202 Å². The molecule has 0 bridgehead atoms. The maximum absolute atomic E-state index is 13.2. The van der Waals surface area contributed by atoms with E-state index in [2.05, 4.69) is 20.1 Å². The number of benzene rings is 1. The number of aromatic nitrogens is 4. The van der Waals surface area contributed by atoms with E-state index in [1.54, 1.807) is 37.5 Å². The Kier molecular flexibility index (Phi) is 6.31. The van der Waals surface area contributed by atoms with Crippen molar-refractivity contribution in [3.63, 3.8) is 0 Å². The number of carbonyl (C=O) groups excluding carboxylic acids is 1. The number of fused-ring (bicyclic) bond motifs is 1. The first-order chi connectivity index (χ1) is 16.8. The van der Waals surface area contributed by atoms with Crippen LogP contribution in [0.3, 0.4) is 0 Å². The van der Waals surface area contributed by atoms with Gasteiger partial charge in [0.2, 0.25) is 0 Å². The Morgan fingerprint density at radius 2 is 1.81 bits per heavy atom. The van der Waals surface area contributed by atoms with E-state index in [1.807, 2.05) is 0 Å². The minimum atomic E-state index is -4.84. The van der Waals surface area contributed by atoms with E-state index >= 15 is 0 Å². The lowest BCUT2D eigenvalue weighted by molar-refractivity contribution is -0.274. The van der Waals surface area contributed by atoms with Gasteiger partial charge in [-0.2, -0.15) is 5.10 Å². The normalized spacial score (nSPS) is 13.0. The number of rotatable bonds is 6. The van der Waals surface area contributed by atoms with Crippen LogP contribution in [0.25, 0.3) is 11.5 Å². The van der Waals surface area contributed by atoms with Crippen molar-refractivity contribution >= 4 is 11.6 Å². The fourth-order valence-electron chi connectivity index (χ4n) is 3.68. The average molecular weight is 501 g/mol. The highest BCUT2D eigenvalue weighted by molar-refractivity contribution is 6.00. The zero-order valence-electron chi connectivity index (χ0n) is 19.4. The summed E-state index contributed by atoms with van der Waals surface area (Å²) in [4.78, 5) is 30.1. The summed E-state index contributed by atoms with van der Waals surface area (Å²) in [7, 11) is 0. The first-order valence-electron chi connectivity index (χ1n) is 10.8. The summed E-state index contributed by atoms with van der Waals surface area (Å²) in [6.45, 7) is 4.58. The van der Waals surface area contributed by atoms with Crippen molar-refractivity contribution in [2.24, 2.45) is 0 Å². The zero-order chi connectivity index (χ0) is 26.3. The van der Waals surface area contributed by atoms with Crippen LogP contribution in [-0.2, 0) is 0 Å². The first kappa shape index (κ1) is 24.9. The van der Waals surface area contributed by atoms with Crippen molar-refractivity contribution in [1.82, 2.24) is 24.5 Å². The predicted molar refractivity (Wildman–Crippen MR) is 123 cm³/mol. The minimum absolute atomic E-state index is 0.0730. The van der Waals surface area contributed by atoms with Gasteiger partial charge in [-0.05, 0) is 50.6 Å². The highest BCUT2D eigenvalue weighted by atomic mass is 19.4. The van der Waals surface area contributed by atoms with Crippen molar-refractivity contribution in [2.75, 3.05) is 0 Å². The second-order valence-electron chi connectivity index (χ2n) is 8.66. The highest BCUT2D eigenvalue weighted by Gasteiger charge is 2.33. The van der Waals surface area contributed by atoms with E-state index in [-0.39, 0.29) is 22.6 Å². The van der Waals surface area contributed by atoms with Crippen LogP contribution in [0.4, 0.5) is 13.2 Å². The van der Waals surface area contributed by atoms with Crippen LogP contribution < -0.4 is 15.6 Å². The van der Waals surface area contributed by atoms with Crippen molar-refractivity contribution in [3.05, 3.63) is 88.1 Å². The maximum atomic E-state index is 13.2. The van der Waals surface area contributed by atoms with E-state index in [0.717, 1.165) is 12.1 Å². The molecular weight excluding hydrogens is 479 g/mol. The van der Waals surface area contributed by atoms with Gasteiger partial charge in [-0.15, -0.1) is 13.2 Å². The molecule has 0 aliphatic rings. The lowest BCUT2D eigenvalue weighted by Gasteiger charge is -2.30. The van der Waals surface area contributed by atoms with Crippen LogP contribution in [0.1, 0.15) is 41.4 Å².